The Balaban J connectivity index is 1.43. The second-order valence-corrected chi connectivity index (χ2v) is 9.58. The number of benzene rings is 2. The molecule has 2 heterocycles. The van der Waals surface area contributed by atoms with Gasteiger partial charge in [-0.05, 0) is 62.4 Å². The number of hydrogen-bond donors (Lipinski definition) is 2. The summed E-state index contributed by atoms with van der Waals surface area (Å²) in [6.45, 7) is 3.88. The van der Waals surface area contributed by atoms with E-state index in [4.69, 9.17) is 4.74 Å². The number of rotatable bonds is 7. The van der Waals surface area contributed by atoms with Crippen LogP contribution in [0.4, 0.5) is 5.69 Å². The standard InChI is InChI=1S/C27H31N3O3/c1-27(13-6-14-33-27)18-28-26(32)24-16-21-15-22(29-25(31)20-9-5-10-20)11-12-23(21)30(24)17-19-7-3-2-4-8-19/h2-4,7-8,11-12,15-16,20H,5-6,9-10,13-14,17-18H2,1H3,(H,28,32)(H,29,31)/t27-/m1/s1. The fraction of sp³-hybridized carbons (Fsp3) is 0.407. The predicted octanol–water partition coefficient (Wildman–Crippen LogP) is 4.73. The van der Waals surface area contributed by atoms with Gasteiger partial charge in [0.15, 0.2) is 0 Å². The van der Waals surface area contributed by atoms with Crippen LogP contribution >= 0.6 is 0 Å². The summed E-state index contributed by atoms with van der Waals surface area (Å²) in [5, 5.41) is 7.07. The van der Waals surface area contributed by atoms with Gasteiger partial charge in [-0.3, -0.25) is 9.59 Å². The van der Waals surface area contributed by atoms with Crippen molar-refractivity contribution in [3.63, 3.8) is 0 Å². The first-order valence-electron chi connectivity index (χ1n) is 11.9. The van der Waals surface area contributed by atoms with E-state index in [1.807, 2.05) is 42.5 Å². The van der Waals surface area contributed by atoms with E-state index in [1.165, 1.54) is 0 Å². The monoisotopic (exact) mass is 445 g/mol. The molecule has 33 heavy (non-hydrogen) atoms. The van der Waals surface area contributed by atoms with E-state index in [9.17, 15) is 9.59 Å². The highest BCUT2D eigenvalue weighted by Crippen LogP contribution is 2.30. The maximum Gasteiger partial charge on any atom is 0.268 e. The molecule has 1 saturated heterocycles. The zero-order chi connectivity index (χ0) is 22.8. The predicted molar refractivity (Wildman–Crippen MR) is 129 cm³/mol. The van der Waals surface area contributed by atoms with Crippen molar-refractivity contribution in [2.75, 3.05) is 18.5 Å². The number of aromatic nitrogens is 1. The summed E-state index contributed by atoms with van der Waals surface area (Å²) in [6, 6.07) is 17.9. The third-order valence-corrected chi connectivity index (χ3v) is 6.98. The van der Waals surface area contributed by atoms with Gasteiger partial charge in [0, 0.05) is 42.2 Å². The van der Waals surface area contributed by atoms with Gasteiger partial charge in [-0.1, -0.05) is 36.8 Å². The fourth-order valence-electron chi connectivity index (χ4n) is 4.72. The van der Waals surface area contributed by atoms with Gasteiger partial charge in [-0.2, -0.15) is 0 Å². The maximum absolute atomic E-state index is 13.3. The largest absolute Gasteiger partial charge is 0.373 e. The zero-order valence-corrected chi connectivity index (χ0v) is 19.1. The molecule has 1 saturated carbocycles. The van der Waals surface area contributed by atoms with Gasteiger partial charge >= 0.3 is 0 Å². The van der Waals surface area contributed by atoms with E-state index < -0.39 is 0 Å². The first-order chi connectivity index (χ1) is 16.0. The second kappa shape index (κ2) is 9.02. The van der Waals surface area contributed by atoms with Crippen LogP contribution in [0.15, 0.2) is 54.6 Å². The van der Waals surface area contributed by atoms with Crippen molar-refractivity contribution in [3.05, 3.63) is 65.9 Å². The van der Waals surface area contributed by atoms with Gasteiger partial charge in [0.2, 0.25) is 5.91 Å². The van der Waals surface area contributed by atoms with Crippen molar-refractivity contribution in [1.29, 1.82) is 0 Å². The number of nitrogens with zero attached hydrogens (tertiary/aromatic N) is 1. The highest BCUT2D eigenvalue weighted by atomic mass is 16.5. The molecule has 0 radical (unpaired) electrons. The van der Waals surface area contributed by atoms with Crippen molar-refractivity contribution in [3.8, 4) is 0 Å². The van der Waals surface area contributed by atoms with Gasteiger partial charge < -0.3 is 19.9 Å². The molecule has 2 aromatic carbocycles. The molecule has 2 N–H and O–H groups in total. The Morgan fingerprint density at radius 3 is 2.61 bits per heavy atom. The van der Waals surface area contributed by atoms with Crippen molar-refractivity contribution in [2.24, 2.45) is 5.92 Å². The number of carbonyl (C=O) groups excluding carboxylic acids is 2. The molecule has 0 spiro atoms. The smallest absolute Gasteiger partial charge is 0.268 e. The lowest BCUT2D eigenvalue weighted by molar-refractivity contribution is -0.122. The Labute approximate surface area is 194 Å². The van der Waals surface area contributed by atoms with Gasteiger partial charge in [-0.15, -0.1) is 0 Å². The quantitative estimate of drug-likeness (QED) is 0.552. The molecular weight excluding hydrogens is 414 g/mol. The van der Waals surface area contributed by atoms with Crippen molar-refractivity contribution in [2.45, 2.75) is 51.2 Å². The van der Waals surface area contributed by atoms with E-state index in [0.717, 1.165) is 60.9 Å². The minimum Gasteiger partial charge on any atom is -0.373 e. The molecule has 2 aliphatic rings. The lowest BCUT2D eigenvalue weighted by Gasteiger charge is -2.24. The molecule has 1 atom stereocenters. The second-order valence-electron chi connectivity index (χ2n) is 9.58. The lowest BCUT2D eigenvalue weighted by atomic mass is 9.85. The molecular formula is C27H31N3O3. The van der Waals surface area contributed by atoms with Crippen LogP contribution < -0.4 is 10.6 Å². The summed E-state index contributed by atoms with van der Waals surface area (Å²) >= 11 is 0. The molecule has 0 unspecified atom stereocenters. The minimum atomic E-state index is -0.301. The average molecular weight is 446 g/mol. The number of amides is 2. The Morgan fingerprint density at radius 1 is 1.09 bits per heavy atom. The molecule has 5 rings (SSSR count). The summed E-state index contributed by atoms with van der Waals surface area (Å²) in [6.07, 6.45) is 5.03. The van der Waals surface area contributed by atoms with Crippen LogP contribution in [0.5, 0.6) is 0 Å². The Kier molecular flexibility index (Phi) is 5.94. The van der Waals surface area contributed by atoms with E-state index in [0.29, 0.717) is 18.8 Å². The molecule has 3 aromatic rings. The molecule has 2 fully saturated rings. The number of hydrogen-bond acceptors (Lipinski definition) is 3. The topological polar surface area (TPSA) is 72.4 Å². The summed E-state index contributed by atoms with van der Waals surface area (Å²) in [5.74, 6) is 0.106. The van der Waals surface area contributed by atoms with Crippen molar-refractivity contribution < 1.29 is 14.3 Å². The van der Waals surface area contributed by atoms with Crippen LogP contribution in [0, 0.1) is 5.92 Å². The van der Waals surface area contributed by atoms with E-state index >= 15 is 0 Å². The SMILES string of the molecule is C[C@]1(CNC(=O)c2cc3cc(NC(=O)C4CCC4)ccc3n2Cc2ccccc2)CCCO1. The van der Waals surface area contributed by atoms with Crippen LogP contribution in [-0.4, -0.2) is 35.1 Å². The van der Waals surface area contributed by atoms with Crippen molar-refractivity contribution in [1.82, 2.24) is 9.88 Å². The first-order valence-corrected chi connectivity index (χ1v) is 11.9. The van der Waals surface area contributed by atoms with Crippen LogP contribution in [0.25, 0.3) is 10.9 Å². The number of nitrogens with one attached hydrogen (secondary N) is 2. The number of carbonyl (C=O) groups is 2. The molecule has 0 bridgehead atoms. The van der Waals surface area contributed by atoms with Gasteiger partial charge in [0.05, 0.1) is 5.60 Å². The average Bonchev–Trinajstić information content (AvgIpc) is 3.36. The Morgan fingerprint density at radius 2 is 1.91 bits per heavy atom. The van der Waals surface area contributed by atoms with Crippen LogP contribution in [0.1, 0.15) is 55.1 Å². The summed E-state index contributed by atoms with van der Waals surface area (Å²) in [7, 11) is 0. The number of anilines is 1. The molecule has 1 aliphatic carbocycles. The van der Waals surface area contributed by atoms with E-state index in [1.54, 1.807) is 0 Å². The number of fused-ring (bicyclic) bond motifs is 1. The molecule has 6 heteroatoms. The van der Waals surface area contributed by atoms with Crippen LogP contribution in [-0.2, 0) is 16.1 Å². The highest BCUT2D eigenvalue weighted by Gasteiger charge is 2.31. The molecule has 6 nitrogen and oxygen atoms in total. The summed E-state index contributed by atoms with van der Waals surface area (Å²) < 4.78 is 7.89. The third kappa shape index (κ3) is 4.67. The first kappa shape index (κ1) is 21.7. The normalized spacial score (nSPS) is 20.5. The van der Waals surface area contributed by atoms with Crippen LogP contribution in [0.2, 0.25) is 0 Å². The number of ether oxygens (including phenoxy) is 1. The fourth-order valence-corrected chi connectivity index (χ4v) is 4.72. The van der Waals surface area contributed by atoms with Crippen LogP contribution in [0.3, 0.4) is 0 Å². The summed E-state index contributed by atoms with van der Waals surface area (Å²) in [4.78, 5) is 25.7. The van der Waals surface area contributed by atoms with Gasteiger partial charge in [0.1, 0.15) is 5.69 Å². The highest BCUT2D eigenvalue weighted by molar-refractivity contribution is 6.01. The third-order valence-electron chi connectivity index (χ3n) is 6.98. The van der Waals surface area contributed by atoms with E-state index in [-0.39, 0.29) is 23.3 Å². The Hall–Kier alpha value is -3.12. The van der Waals surface area contributed by atoms with Crippen molar-refractivity contribution >= 4 is 28.4 Å². The minimum absolute atomic E-state index is 0.0899. The lowest BCUT2D eigenvalue weighted by Crippen LogP contribution is -2.40. The molecule has 1 aliphatic heterocycles. The molecule has 1 aromatic heterocycles. The molecule has 2 amide bonds. The maximum atomic E-state index is 13.3. The zero-order valence-electron chi connectivity index (χ0n) is 19.1. The molecule has 172 valence electrons. The van der Waals surface area contributed by atoms with Gasteiger partial charge in [0.25, 0.3) is 5.91 Å². The summed E-state index contributed by atoms with van der Waals surface area (Å²) in [5.41, 5.74) is 3.17. The Bertz CT molecular complexity index is 1160. The van der Waals surface area contributed by atoms with E-state index in [2.05, 4.69) is 34.3 Å². The van der Waals surface area contributed by atoms with Gasteiger partial charge in [-0.25, -0.2) is 0 Å².